The number of hydrogen-bond acceptors (Lipinski definition) is 18. The standard InChI is InChI=1S/C69H121NO18/c1-3-5-7-9-11-13-15-17-18-19-20-21-22-23-24-25-26-27-28-29-30-31-32-33-34-35-37-39-41-43-45-47-57(75)70-52(53(74)46-44-42-40-38-36-16-14-12-10-8-6-4-2)51-83-67-63(81)60(78)65(55(49-72)85-67)88-69-64(82)61(79)66(56(50-73)86-69)87-68-62(80)59(77)58(76)54(48-71)84-68/h5,7,11,13,17-18,20-21,36,38,44,46,52-56,58-69,71-74,76-82H,3-4,6,8-10,12,14-16,19,22-35,37,39-43,45,47-51H2,1-2H3,(H,70,75)/b7-5-,13-11-,18-17-,21-20-,38-36+,46-44+. The smallest absolute Gasteiger partial charge is 0.220 e. The van der Waals surface area contributed by atoms with Crippen LogP contribution in [0.5, 0.6) is 0 Å². The van der Waals surface area contributed by atoms with Crippen molar-refractivity contribution in [3.63, 3.8) is 0 Å². The number of aliphatic hydroxyl groups excluding tert-OH is 11. The first-order valence-corrected chi connectivity index (χ1v) is 34.2. The van der Waals surface area contributed by atoms with Gasteiger partial charge in [0.1, 0.15) is 73.2 Å². The maximum atomic E-state index is 13.4. The number of unbranched alkanes of at least 4 members (excludes halogenated alkanes) is 25. The van der Waals surface area contributed by atoms with Crippen LogP contribution >= 0.6 is 0 Å². The van der Waals surface area contributed by atoms with Crippen LogP contribution in [0.4, 0.5) is 0 Å². The highest BCUT2D eigenvalue weighted by atomic mass is 16.8. The van der Waals surface area contributed by atoms with Crippen LogP contribution in [0, 0.1) is 0 Å². The molecule has 3 fully saturated rings. The molecular formula is C69H121NO18. The molecule has 0 spiro atoms. The highest BCUT2D eigenvalue weighted by Gasteiger charge is 2.53. The molecule has 3 aliphatic rings. The molecule has 88 heavy (non-hydrogen) atoms. The zero-order valence-corrected chi connectivity index (χ0v) is 53.7. The summed E-state index contributed by atoms with van der Waals surface area (Å²) in [7, 11) is 0. The predicted molar refractivity (Wildman–Crippen MR) is 341 cm³/mol. The van der Waals surface area contributed by atoms with Gasteiger partial charge in [0.2, 0.25) is 5.91 Å². The van der Waals surface area contributed by atoms with E-state index in [9.17, 15) is 61.0 Å². The third-order valence-electron chi connectivity index (χ3n) is 16.7. The van der Waals surface area contributed by atoms with E-state index < -0.39 is 124 Å². The minimum Gasteiger partial charge on any atom is -0.394 e. The van der Waals surface area contributed by atoms with E-state index in [0.29, 0.717) is 12.8 Å². The lowest BCUT2D eigenvalue weighted by Crippen LogP contribution is -2.66. The fourth-order valence-corrected chi connectivity index (χ4v) is 11.2. The lowest BCUT2D eigenvalue weighted by atomic mass is 9.96. The van der Waals surface area contributed by atoms with E-state index >= 15 is 0 Å². The van der Waals surface area contributed by atoms with Gasteiger partial charge in [-0.05, 0) is 70.6 Å². The second-order valence-corrected chi connectivity index (χ2v) is 24.2. The Morgan fingerprint density at radius 3 is 1.27 bits per heavy atom. The maximum Gasteiger partial charge on any atom is 0.220 e. The minimum absolute atomic E-state index is 0.234. The van der Waals surface area contributed by atoms with E-state index in [1.54, 1.807) is 6.08 Å². The summed E-state index contributed by atoms with van der Waals surface area (Å²) in [5.74, 6) is -0.287. The van der Waals surface area contributed by atoms with Gasteiger partial charge < -0.3 is 89.9 Å². The molecule has 17 atom stereocenters. The normalized spacial score (nSPS) is 28.9. The monoisotopic (exact) mass is 1250 g/mol. The average Bonchev–Trinajstić information content (AvgIpc) is 1.54. The first-order chi connectivity index (χ1) is 42.8. The highest BCUT2D eigenvalue weighted by molar-refractivity contribution is 5.76. The van der Waals surface area contributed by atoms with Crippen molar-refractivity contribution in [3.05, 3.63) is 72.9 Å². The van der Waals surface area contributed by atoms with E-state index in [-0.39, 0.29) is 18.9 Å². The molecule has 1 amide bonds. The van der Waals surface area contributed by atoms with E-state index in [0.717, 1.165) is 64.2 Å². The van der Waals surface area contributed by atoms with Gasteiger partial charge in [-0.1, -0.05) is 222 Å². The fraction of sp³-hybridized carbons (Fsp3) is 0.812. The molecule has 510 valence electrons. The first-order valence-electron chi connectivity index (χ1n) is 34.2. The molecule has 0 bridgehead atoms. The lowest BCUT2D eigenvalue weighted by molar-refractivity contribution is -0.379. The molecule has 17 unspecified atom stereocenters. The van der Waals surface area contributed by atoms with Crippen molar-refractivity contribution >= 4 is 5.91 Å². The van der Waals surface area contributed by atoms with Crippen molar-refractivity contribution < 1.29 is 89.4 Å². The summed E-state index contributed by atoms with van der Waals surface area (Å²) in [6, 6.07) is -0.990. The molecule has 0 aromatic heterocycles. The van der Waals surface area contributed by atoms with Gasteiger partial charge in [0.15, 0.2) is 18.9 Å². The number of carbonyl (C=O) groups excluding carboxylic acids is 1. The Labute approximate surface area is 528 Å². The molecule has 0 aromatic carbocycles. The molecule has 19 nitrogen and oxygen atoms in total. The molecule has 19 heteroatoms. The van der Waals surface area contributed by atoms with Gasteiger partial charge in [0.25, 0.3) is 0 Å². The first kappa shape index (κ1) is 79.5. The molecular weight excluding hydrogens is 1130 g/mol. The zero-order chi connectivity index (χ0) is 64.0. The van der Waals surface area contributed by atoms with E-state index in [1.165, 1.54) is 128 Å². The van der Waals surface area contributed by atoms with Gasteiger partial charge in [-0.25, -0.2) is 0 Å². The number of nitrogens with one attached hydrogen (secondary N) is 1. The summed E-state index contributed by atoms with van der Waals surface area (Å²) < 4.78 is 34.3. The van der Waals surface area contributed by atoms with Crippen LogP contribution in [0.2, 0.25) is 0 Å². The van der Waals surface area contributed by atoms with Crippen molar-refractivity contribution in [1.29, 1.82) is 0 Å². The van der Waals surface area contributed by atoms with Crippen LogP contribution in [0.3, 0.4) is 0 Å². The summed E-state index contributed by atoms with van der Waals surface area (Å²) in [4.78, 5) is 13.4. The van der Waals surface area contributed by atoms with Gasteiger partial charge in [-0.2, -0.15) is 0 Å². The molecule has 3 saturated heterocycles. The van der Waals surface area contributed by atoms with Crippen molar-refractivity contribution in [3.8, 4) is 0 Å². The van der Waals surface area contributed by atoms with Crippen molar-refractivity contribution in [1.82, 2.24) is 5.32 Å². The van der Waals surface area contributed by atoms with Crippen LogP contribution in [-0.2, 0) is 33.2 Å². The van der Waals surface area contributed by atoms with Crippen molar-refractivity contribution in [2.45, 2.75) is 330 Å². The third-order valence-corrected chi connectivity index (χ3v) is 16.7. The topological polar surface area (TPSA) is 307 Å². The Balaban J connectivity index is 1.37. The molecule has 0 radical (unpaired) electrons. The van der Waals surface area contributed by atoms with Crippen LogP contribution in [0.25, 0.3) is 0 Å². The second-order valence-electron chi connectivity index (χ2n) is 24.2. The van der Waals surface area contributed by atoms with Crippen LogP contribution < -0.4 is 5.32 Å². The molecule has 0 aliphatic carbocycles. The summed E-state index contributed by atoms with van der Waals surface area (Å²) in [6.07, 6.45) is 36.2. The number of rotatable bonds is 51. The Kier molecular flexibility index (Phi) is 45.8. The van der Waals surface area contributed by atoms with Crippen molar-refractivity contribution in [2.75, 3.05) is 26.4 Å². The number of ether oxygens (including phenoxy) is 6. The molecule has 0 aromatic rings. The number of allylic oxidation sites excluding steroid dienone is 11. The summed E-state index contributed by atoms with van der Waals surface area (Å²) in [5.41, 5.74) is 0. The Morgan fingerprint density at radius 2 is 0.795 bits per heavy atom. The van der Waals surface area contributed by atoms with Gasteiger partial charge in [0.05, 0.1) is 38.6 Å². The largest absolute Gasteiger partial charge is 0.394 e. The Hall–Kier alpha value is -2.77. The highest BCUT2D eigenvalue weighted by Crippen LogP contribution is 2.33. The molecule has 12 N–H and O–H groups in total. The van der Waals surface area contributed by atoms with Crippen LogP contribution in [0.15, 0.2) is 72.9 Å². The van der Waals surface area contributed by atoms with E-state index in [2.05, 4.69) is 79.9 Å². The second kappa shape index (κ2) is 50.7. The number of aliphatic hydroxyl groups is 11. The van der Waals surface area contributed by atoms with Crippen LogP contribution in [-0.4, -0.2) is 193 Å². The molecule has 3 rings (SSSR count). The average molecular weight is 1250 g/mol. The molecule has 0 saturated carbocycles. The number of carbonyl (C=O) groups is 1. The number of amides is 1. The fourth-order valence-electron chi connectivity index (χ4n) is 11.2. The van der Waals surface area contributed by atoms with Crippen molar-refractivity contribution in [2.24, 2.45) is 0 Å². The third kappa shape index (κ3) is 32.7. The van der Waals surface area contributed by atoms with E-state index in [1.807, 2.05) is 6.08 Å². The number of hydrogen-bond donors (Lipinski definition) is 12. The maximum absolute atomic E-state index is 13.4. The van der Waals surface area contributed by atoms with Crippen LogP contribution in [0.1, 0.15) is 226 Å². The zero-order valence-electron chi connectivity index (χ0n) is 53.7. The Morgan fingerprint density at radius 1 is 0.420 bits per heavy atom. The Bertz CT molecular complexity index is 1880. The molecule has 3 aliphatic heterocycles. The molecule has 3 heterocycles. The van der Waals surface area contributed by atoms with Gasteiger partial charge in [0, 0.05) is 6.42 Å². The summed E-state index contributed by atoms with van der Waals surface area (Å²) >= 11 is 0. The van der Waals surface area contributed by atoms with E-state index in [4.69, 9.17) is 28.4 Å². The van der Waals surface area contributed by atoms with Gasteiger partial charge in [-0.3, -0.25) is 4.79 Å². The minimum atomic E-state index is -1.98. The summed E-state index contributed by atoms with van der Waals surface area (Å²) in [6.45, 7) is 1.57. The van der Waals surface area contributed by atoms with Gasteiger partial charge in [-0.15, -0.1) is 0 Å². The summed E-state index contributed by atoms with van der Waals surface area (Å²) in [5, 5.41) is 120. The van der Waals surface area contributed by atoms with Gasteiger partial charge >= 0.3 is 0 Å². The quantitative estimate of drug-likeness (QED) is 0.0200. The lowest BCUT2D eigenvalue weighted by Gasteiger charge is -2.48. The SMILES string of the molecule is CC/C=C\C/C=C\C/C=C\C/C=C\CCCCCCCCCCCCCCCCCCCCC(=O)NC(COC1OC(CO)C(OC2OC(CO)C(OC3OC(CO)C(O)C(O)C3O)C(O)C2O)C(O)C1O)C(O)/C=C/CC/C=C/CCCCCCCC. The predicted octanol–water partition coefficient (Wildman–Crippen LogP) is 8.55.